The summed E-state index contributed by atoms with van der Waals surface area (Å²) in [7, 11) is 1.64. The SMILES string of the molecule is COc1ccccc1OCCn1cc(CNC(C)C)cn1. The lowest BCUT2D eigenvalue weighted by Crippen LogP contribution is -2.21. The molecule has 0 atom stereocenters. The Morgan fingerprint density at radius 3 is 2.71 bits per heavy atom. The Morgan fingerprint density at radius 1 is 1.24 bits per heavy atom. The minimum atomic E-state index is 0.474. The number of nitrogens with zero attached hydrogens (tertiary/aromatic N) is 2. The highest BCUT2D eigenvalue weighted by molar-refractivity contribution is 5.39. The maximum atomic E-state index is 5.74. The van der Waals surface area contributed by atoms with Gasteiger partial charge < -0.3 is 14.8 Å². The number of methoxy groups -OCH3 is 1. The van der Waals surface area contributed by atoms with E-state index in [-0.39, 0.29) is 0 Å². The van der Waals surface area contributed by atoms with Crippen LogP contribution in [0.5, 0.6) is 11.5 Å². The summed E-state index contributed by atoms with van der Waals surface area (Å²) < 4.78 is 12.9. The van der Waals surface area contributed by atoms with Crippen molar-refractivity contribution < 1.29 is 9.47 Å². The lowest BCUT2D eigenvalue weighted by atomic mass is 10.3. The van der Waals surface area contributed by atoms with E-state index >= 15 is 0 Å². The molecule has 0 saturated carbocycles. The van der Waals surface area contributed by atoms with Gasteiger partial charge >= 0.3 is 0 Å². The van der Waals surface area contributed by atoms with Gasteiger partial charge in [0.15, 0.2) is 11.5 Å². The van der Waals surface area contributed by atoms with Crippen LogP contribution in [0.25, 0.3) is 0 Å². The van der Waals surface area contributed by atoms with E-state index in [0.29, 0.717) is 19.2 Å². The maximum Gasteiger partial charge on any atom is 0.161 e. The van der Waals surface area contributed by atoms with E-state index in [0.717, 1.165) is 18.0 Å². The monoisotopic (exact) mass is 289 g/mol. The van der Waals surface area contributed by atoms with E-state index in [9.17, 15) is 0 Å². The molecule has 2 aromatic rings. The molecule has 1 aromatic carbocycles. The van der Waals surface area contributed by atoms with Crippen LogP contribution >= 0.6 is 0 Å². The molecule has 0 saturated heterocycles. The summed E-state index contributed by atoms with van der Waals surface area (Å²) in [4.78, 5) is 0. The minimum Gasteiger partial charge on any atom is -0.493 e. The Kier molecular flexibility index (Phi) is 5.63. The molecule has 0 aliphatic heterocycles. The predicted molar refractivity (Wildman–Crippen MR) is 82.7 cm³/mol. The Morgan fingerprint density at radius 2 is 2.00 bits per heavy atom. The van der Waals surface area contributed by atoms with Crippen LogP contribution in [-0.4, -0.2) is 29.5 Å². The molecular weight excluding hydrogens is 266 g/mol. The molecule has 0 spiro atoms. The first-order valence-corrected chi connectivity index (χ1v) is 7.19. The normalized spacial score (nSPS) is 10.9. The van der Waals surface area contributed by atoms with Crippen molar-refractivity contribution in [2.75, 3.05) is 13.7 Å². The summed E-state index contributed by atoms with van der Waals surface area (Å²) in [5.74, 6) is 1.51. The van der Waals surface area contributed by atoms with Gasteiger partial charge in [0.05, 0.1) is 19.9 Å². The summed E-state index contributed by atoms with van der Waals surface area (Å²) in [6.07, 6.45) is 3.93. The third-order valence-corrected chi connectivity index (χ3v) is 3.05. The van der Waals surface area contributed by atoms with Crippen LogP contribution in [0.4, 0.5) is 0 Å². The molecule has 21 heavy (non-hydrogen) atoms. The third kappa shape index (κ3) is 4.79. The van der Waals surface area contributed by atoms with Gasteiger partial charge in [0.1, 0.15) is 6.61 Å². The van der Waals surface area contributed by atoms with Gasteiger partial charge in [0, 0.05) is 24.3 Å². The van der Waals surface area contributed by atoms with Gasteiger partial charge in [0.2, 0.25) is 0 Å². The number of benzene rings is 1. The van der Waals surface area contributed by atoms with Crippen molar-refractivity contribution in [2.24, 2.45) is 0 Å². The molecule has 2 rings (SSSR count). The van der Waals surface area contributed by atoms with Gasteiger partial charge in [-0.2, -0.15) is 5.10 Å². The smallest absolute Gasteiger partial charge is 0.161 e. The average molecular weight is 289 g/mol. The van der Waals surface area contributed by atoms with Crippen LogP contribution in [0.3, 0.4) is 0 Å². The molecule has 114 valence electrons. The molecule has 0 amide bonds. The molecular formula is C16H23N3O2. The Balaban J connectivity index is 1.81. The molecule has 1 aromatic heterocycles. The number of aromatic nitrogens is 2. The Bertz CT molecular complexity index is 552. The first-order chi connectivity index (χ1) is 10.2. The maximum absolute atomic E-state index is 5.74. The van der Waals surface area contributed by atoms with Crippen LogP contribution in [0.15, 0.2) is 36.7 Å². The summed E-state index contributed by atoms with van der Waals surface area (Å²) in [5.41, 5.74) is 1.18. The van der Waals surface area contributed by atoms with Crippen molar-refractivity contribution in [2.45, 2.75) is 33.0 Å². The van der Waals surface area contributed by atoms with Gasteiger partial charge in [-0.05, 0) is 12.1 Å². The van der Waals surface area contributed by atoms with Crippen molar-refractivity contribution in [1.29, 1.82) is 0 Å². The van der Waals surface area contributed by atoms with Crippen LogP contribution in [0.1, 0.15) is 19.4 Å². The molecule has 0 aliphatic rings. The van der Waals surface area contributed by atoms with E-state index in [1.165, 1.54) is 5.56 Å². The van der Waals surface area contributed by atoms with Crippen LogP contribution < -0.4 is 14.8 Å². The highest BCUT2D eigenvalue weighted by atomic mass is 16.5. The highest BCUT2D eigenvalue weighted by Crippen LogP contribution is 2.25. The van der Waals surface area contributed by atoms with E-state index in [1.54, 1.807) is 7.11 Å². The quantitative estimate of drug-likeness (QED) is 0.811. The Labute approximate surface area is 125 Å². The van der Waals surface area contributed by atoms with Crippen LogP contribution in [0.2, 0.25) is 0 Å². The predicted octanol–water partition coefficient (Wildman–Crippen LogP) is 2.47. The lowest BCUT2D eigenvalue weighted by Gasteiger charge is -2.10. The van der Waals surface area contributed by atoms with E-state index in [4.69, 9.17) is 9.47 Å². The molecule has 0 bridgehead atoms. The summed E-state index contributed by atoms with van der Waals surface area (Å²) >= 11 is 0. The fraction of sp³-hybridized carbons (Fsp3) is 0.438. The topological polar surface area (TPSA) is 48.3 Å². The fourth-order valence-corrected chi connectivity index (χ4v) is 1.93. The number of nitrogens with one attached hydrogen (secondary N) is 1. The van der Waals surface area contributed by atoms with Gasteiger partial charge in [-0.1, -0.05) is 26.0 Å². The van der Waals surface area contributed by atoms with Gasteiger partial charge in [-0.15, -0.1) is 0 Å². The first-order valence-electron chi connectivity index (χ1n) is 7.19. The van der Waals surface area contributed by atoms with Crippen LogP contribution in [0, 0.1) is 0 Å². The molecule has 0 fully saturated rings. The standard InChI is InChI=1S/C16H23N3O2/c1-13(2)17-10-14-11-18-19(12-14)8-9-21-16-7-5-4-6-15(16)20-3/h4-7,11-13,17H,8-10H2,1-3H3. The Hall–Kier alpha value is -2.01. The molecule has 1 heterocycles. The number of rotatable bonds is 8. The molecule has 5 nitrogen and oxygen atoms in total. The number of para-hydroxylation sites is 2. The second kappa shape index (κ2) is 7.69. The summed E-state index contributed by atoms with van der Waals surface area (Å²) in [6, 6.07) is 8.12. The summed E-state index contributed by atoms with van der Waals surface area (Å²) in [5, 5.41) is 7.70. The summed E-state index contributed by atoms with van der Waals surface area (Å²) in [6.45, 7) is 6.36. The zero-order valence-electron chi connectivity index (χ0n) is 12.9. The molecule has 1 N–H and O–H groups in total. The highest BCUT2D eigenvalue weighted by Gasteiger charge is 2.03. The fourth-order valence-electron chi connectivity index (χ4n) is 1.93. The minimum absolute atomic E-state index is 0.474. The van der Waals surface area contributed by atoms with E-state index in [2.05, 4.69) is 24.3 Å². The van der Waals surface area contributed by atoms with Crippen molar-refractivity contribution in [1.82, 2.24) is 15.1 Å². The molecule has 0 unspecified atom stereocenters. The number of ether oxygens (including phenoxy) is 2. The van der Waals surface area contributed by atoms with Crippen molar-refractivity contribution >= 4 is 0 Å². The molecule has 5 heteroatoms. The zero-order chi connectivity index (χ0) is 15.1. The largest absolute Gasteiger partial charge is 0.493 e. The number of hydrogen-bond donors (Lipinski definition) is 1. The van der Waals surface area contributed by atoms with Gasteiger partial charge in [-0.3, -0.25) is 4.68 Å². The second-order valence-corrected chi connectivity index (χ2v) is 5.15. The molecule has 0 aliphatic carbocycles. The van der Waals surface area contributed by atoms with Gasteiger partial charge in [-0.25, -0.2) is 0 Å². The lowest BCUT2D eigenvalue weighted by molar-refractivity contribution is 0.274. The van der Waals surface area contributed by atoms with E-state index < -0.39 is 0 Å². The first kappa shape index (κ1) is 15.4. The number of hydrogen-bond acceptors (Lipinski definition) is 4. The van der Waals surface area contributed by atoms with Crippen molar-refractivity contribution in [3.63, 3.8) is 0 Å². The van der Waals surface area contributed by atoms with Crippen molar-refractivity contribution in [3.05, 3.63) is 42.2 Å². The van der Waals surface area contributed by atoms with Crippen LogP contribution in [-0.2, 0) is 13.1 Å². The van der Waals surface area contributed by atoms with Crippen molar-refractivity contribution in [3.8, 4) is 11.5 Å². The second-order valence-electron chi connectivity index (χ2n) is 5.15. The average Bonchev–Trinajstić information content (AvgIpc) is 2.93. The third-order valence-electron chi connectivity index (χ3n) is 3.05. The molecule has 0 radical (unpaired) electrons. The van der Waals surface area contributed by atoms with E-state index in [1.807, 2.05) is 41.3 Å². The zero-order valence-corrected chi connectivity index (χ0v) is 12.9. The van der Waals surface area contributed by atoms with Gasteiger partial charge in [0.25, 0.3) is 0 Å².